The molecule has 0 spiro atoms. The lowest BCUT2D eigenvalue weighted by atomic mass is 9.98. The van der Waals surface area contributed by atoms with E-state index < -0.39 is 0 Å². The Morgan fingerprint density at radius 1 is 0.882 bits per heavy atom. The van der Waals surface area contributed by atoms with Crippen LogP contribution in [-0.2, 0) is 0 Å². The van der Waals surface area contributed by atoms with Crippen LogP contribution in [0.5, 0.6) is 5.75 Å². The van der Waals surface area contributed by atoms with Crippen molar-refractivity contribution in [3.63, 3.8) is 0 Å². The van der Waals surface area contributed by atoms with Crippen molar-refractivity contribution in [1.29, 1.82) is 0 Å². The van der Waals surface area contributed by atoms with Crippen LogP contribution >= 0.6 is 0 Å². The number of hydrogen-bond donors (Lipinski definition) is 1. The van der Waals surface area contributed by atoms with Crippen LogP contribution in [0.15, 0.2) is 94.1 Å². The second kappa shape index (κ2) is 8.01. The van der Waals surface area contributed by atoms with Gasteiger partial charge in [0.2, 0.25) is 0 Å². The predicted octanol–water partition coefficient (Wildman–Crippen LogP) is 5.62. The molecule has 2 heterocycles. The van der Waals surface area contributed by atoms with Crippen LogP contribution < -0.4 is 15.1 Å². The molecule has 4 nitrogen and oxygen atoms in total. The molecule has 0 fully saturated rings. The lowest BCUT2D eigenvalue weighted by Gasteiger charge is -2.16. The van der Waals surface area contributed by atoms with Crippen molar-refractivity contribution in [2.24, 2.45) is 0 Å². The van der Waals surface area contributed by atoms with Gasteiger partial charge in [-0.25, -0.2) is 0 Å². The molecule has 3 aromatic carbocycles. The van der Waals surface area contributed by atoms with Gasteiger partial charge in [0.25, 0.3) is 0 Å². The molecule has 4 heteroatoms. The molecule has 0 saturated heterocycles. The van der Waals surface area contributed by atoms with Crippen molar-refractivity contribution < 1.29 is 14.1 Å². The zero-order valence-corrected chi connectivity index (χ0v) is 19.1. The van der Waals surface area contributed by atoms with Gasteiger partial charge in [-0.3, -0.25) is 9.69 Å². The molecule has 166 valence electrons. The summed E-state index contributed by atoms with van der Waals surface area (Å²) in [6.07, 6.45) is 2.25. The number of benzene rings is 4. The predicted molar refractivity (Wildman–Crippen MR) is 137 cm³/mol. The van der Waals surface area contributed by atoms with E-state index in [0.717, 1.165) is 29.0 Å². The molecule has 1 unspecified atom stereocenters. The van der Waals surface area contributed by atoms with Crippen LogP contribution in [0.4, 0.5) is 5.69 Å². The summed E-state index contributed by atoms with van der Waals surface area (Å²) in [6, 6.07) is 27.9. The van der Waals surface area contributed by atoms with Gasteiger partial charge in [0.15, 0.2) is 5.43 Å². The third-order valence-corrected chi connectivity index (χ3v) is 6.64. The van der Waals surface area contributed by atoms with E-state index in [0.29, 0.717) is 11.5 Å². The summed E-state index contributed by atoms with van der Waals surface area (Å²) in [5.74, 6) is 2.08. The van der Waals surface area contributed by atoms with Crippen molar-refractivity contribution >= 4 is 28.2 Å². The van der Waals surface area contributed by atoms with E-state index in [1.54, 1.807) is 19.2 Å². The van der Waals surface area contributed by atoms with E-state index in [9.17, 15) is 4.79 Å². The molecule has 3 aliphatic rings. The van der Waals surface area contributed by atoms with Gasteiger partial charge in [-0.1, -0.05) is 24.3 Å². The normalized spacial score (nSPS) is 15.9. The quantitative estimate of drug-likeness (QED) is 0.390. The van der Waals surface area contributed by atoms with E-state index in [-0.39, 0.29) is 5.43 Å². The minimum atomic E-state index is -0.0689. The van der Waals surface area contributed by atoms with Gasteiger partial charge in [0.1, 0.15) is 28.7 Å². The minimum absolute atomic E-state index is 0.0689. The summed E-state index contributed by atoms with van der Waals surface area (Å²) >= 11 is 0. The molecule has 0 bridgehead atoms. The fraction of sp³-hybridized carbons (Fsp3) is 0.100. The summed E-state index contributed by atoms with van der Waals surface area (Å²) in [6.45, 7) is 3.14. The van der Waals surface area contributed by atoms with Gasteiger partial charge < -0.3 is 9.15 Å². The van der Waals surface area contributed by atoms with Crippen LogP contribution in [0.25, 0.3) is 45.2 Å². The van der Waals surface area contributed by atoms with Gasteiger partial charge in [-0.2, -0.15) is 0 Å². The van der Waals surface area contributed by atoms with Crippen LogP contribution in [0.2, 0.25) is 0 Å². The van der Waals surface area contributed by atoms with Crippen molar-refractivity contribution in [1.82, 2.24) is 0 Å². The molecule has 1 aliphatic carbocycles. The second-order valence-corrected chi connectivity index (χ2v) is 8.55. The zero-order chi connectivity index (χ0) is 23.2. The van der Waals surface area contributed by atoms with Gasteiger partial charge in [-0.05, 0) is 66.4 Å². The maximum atomic E-state index is 12.1. The number of rotatable bonds is 4. The van der Waals surface area contributed by atoms with Gasteiger partial charge >= 0.3 is 0 Å². The number of quaternary nitrogens is 1. The Balaban J connectivity index is 1.59. The highest BCUT2D eigenvalue weighted by Gasteiger charge is 2.31. The van der Waals surface area contributed by atoms with Crippen LogP contribution in [0, 0.1) is 0 Å². The molecule has 3 aromatic rings. The largest absolute Gasteiger partial charge is 0.497 e. The van der Waals surface area contributed by atoms with Crippen molar-refractivity contribution in [3.8, 4) is 28.4 Å². The third kappa shape index (κ3) is 3.23. The van der Waals surface area contributed by atoms with E-state index in [1.165, 1.54) is 32.6 Å². The number of ether oxygens (including phenoxy) is 1. The first-order valence-corrected chi connectivity index (χ1v) is 11.5. The first kappa shape index (κ1) is 20.5. The highest BCUT2D eigenvalue weighted by molar-refractivity contribution is 6.05. The maximum absolute atomic E-state index is 12.1. The van der Waals surface area contributed by atoms with E-state index in [2.05, 4.69) is 55.5 Å². The number of nitrogens with one attached hydrogen (secondary N) is 1. The van der Waals surface area contributed by atoms with E-state index >= 15 is 0 Å². The van der Waals surface area contributed by atoms with E-state index in [4.69, 9.17) is 9.15 Å². The first-order valence-electron chi connectivity index (χ1n) is 11.5. The highest BCUT2D eigenvalue weighted by Crippen LogP contribution is 2.37. The Morgan fingerprint density at radius 2 is 1.68 bits per heavy atom. The Morgan fingerprint density at radius 3 is 2.44 bits per heavy atom. The Labute approximate surface area is 197 Å². The van der Waals surface area contributed by atoms with Crippen LogP contribution in [0.1, 0.15) is 18.1 Å². The molecule has 1 atom stereocenters. The molecule has 0 radical (unpaired) electrons. The standard InChI is InChI=1S/C30H23NO3/c1-3-31-26-9-5-7-20-6-4-8-25(30(20)26)27(31)16-21-17-28(19-10-13-23(33-2)14-11-19)34-29-18-22(32)12-15-24(21)29/h4-18H,3H2,1-2H3/p+1. The van der Waals surface area contributed by atoms with Crippen molar-refractivity contribution in [2.75, 3.05) is 13.7 Å². The zero-order valence-electron chi connectivity index (χ0n) is 19.1. The Kier molecular flexibility index (Phi) is 4.82. The summed E-state index contributed by atoms with van der Waals surface area (Å²) in [5.41, 5.74) is 6.60. The number of methoxy groups -OCH3 is 1. The number of fused-ring (bicyclic) bond motifs is 1. The lowest BCUT2D eigenvalue weighted by molar-refractivity contribution is -0.745. The second-order valence-electron chi connectivity index (χ2n) is 8.55. The Bertz CT molecular complexity index is 1590. The summed E-state index contributed by atoms with van der Waals surface area (Å²) in [5, 5.41) is 2.57. The third-order valence-electron chi connectivity index (χ3n) is 6.64. The molecular weight excluding hydrogens is 422 g/mol. The minimum Gasteiger partial charge on any atom is -0.497 e. The fourth-order valence-corrected chi connectivity index (χ4v) is 5.04. The van der Waals surface area contributed by atoms with Crippen LogP contribution in [0.3, 0.4) is 0 Å². The summed E-state index contributed by atoms with van der Waals surface area (Å²) in [7, 11) is 1.65. The summed E-state index contributed by atoms with van der Waals surface area (Å²) in [4.78, 5) is 13.5. The lowest BCUT2D eigenvalue weighted by Crippen LogP contribution is -3.02. The molecule has 0 amide bonds. The van der Waals surface area contributed by atoms with Gasteiger partial charge in [-0.15, -0.1) is 0 Å². The SMILES string of the molecule is CC[NH+]1C(=Cc2cc(-c3ccc(OC)cc3)oc3cc(=O)ccc2-3)c2cccc3cccc1c23. The average molecular weight is 447 g/mol. The average Bonchev–Trinajstić information content (AvgIpc) is 3.18. The first-order chi connectivity index (χ1) is 16.7. The Hall–Kier alpha value is -4.15. The smallest absolute Gasteiger partial charge is 0.182 e. The van der Waals surface area contributed by atoms with Crippen molar-refractivity contribution in [2.45, 2.75) is 6.92 Å². The molecule has 2 aliphatic heterocycles. The molecule has 0 saturated carbocycles. The fourth-order valence-electron chi connectivity index (χ4n) is 5.04. The molecule has 1 N–H and O–H groups in total. The highest BCUT2D eigenvalue weighted by atomic mass is 16.5. The number of hydrogen-bond acceptors (Lipinski definition) is 3. The summed E-state index contributed by atoms with van der Waals surface area (Å²) < 4.78 is 11.5. The molecule has 0 aromatic heterocycles. The molecular formula is C30H24NO3+. The van der Waals surface area contributed by atoms with Crippen LogP contribution in [-0.4, -0.2) is 13.7 Å². The monoisotopic (exact) mass is 446 g/mol. The molecule has 34 heavy (non-hydrogen) atoms. The topological polar surface area (TPSA) is 43.9 Å². The van der Waals surface area contributed by atoms with Gasteiger partial charge in [0.05, 0.1) is 19.0 Å². The maximum Gasteiger partial charge on any atom is 0.182 e. The van der Waals surface area contributed by atoms with Crippen molar-refractivity contribution in [3.05, 3.63) is 106 Å². The molecule has 6 rings (SSSR count). The van der Waals surface area contributed by atoms with E-state index in [1.807, 2.05) is 30.3 Å². The van der Waals surface area contributed by atoms with Gasteiger partial charge in [0, 0.05) is 34.9 Å².